The highest BCUT2D eigenvalue weighted by atomic mass is 35.5. The van der Waals surface area contributed by atoms with Gasteiger partial charge in [-0.3, -0.25) is 14.9 Å². The first kappa shape index (κ1) is 22.6. The van der Waals surface area contributed by atoms with Crippen molar-refractivity contribution in [3.63, 3.8) is 0 Å². The molecule has 1 atom stereocenters. The van der Waals surface area contributed by atoms with Gasteiger partial charge in [-0.05, 0) is 50.2 Å². The lowest BCUT2D eigenvalue weighted by Crippen LogP contribution is -2.23. The number of nitro groups is 1. The van der Waals surface area contributed by atoms with E-state index in [2.05, 4.69) is 20.8 Å². The summed E-state index contributed by atoms with van der Waals surface area (Å²) in [4.78, 5) is 22.8. The number of hydrogen-bond acceptors (Lipinski definition) is 7. The highest BCUT2D eigenvalue weighted by Crippen LogP contribution is 2.24. The van der Waals surface area contributed by atoms with Crippen molar-refractivity contribution in [2.24, 2.45) is 0 Å². The van der Waals surface area contributed by atoms with Crippen molar-refractivity contribution in [1.82, 2.24) is 14.8 Å². The number of anilines is 2. The van der Waals surface area contributed by atoms with E-state index in [9.17, 15) is 14.9 Å². The first-order valence-corrected chi connectivity index (χ1v) is 10.8. The van der Waals surface area contributed by atoms with E-state index in [4.69, 9.17) is 11.6 Å². The van der Waals surface area contributed by atoms with Gasteiger partial charge in [-0.25, -0.2) is 0 Å². The van der Waals surface area contributed by atoms with E-state index in [1.165, 1.54) is 36.0 Å². The minimum atomic E-state index is -0.485. The van der Waals surface area contributed by atoms with Crippen molar-refractivity contribution in [1.29, 1.82) is 0 Å². The number of amides is 1. The van der Waals surface area contributed by atoms with Crippen molar-refractivity contribution in [2.75, 3.05) is 10.6 Å². The minimum Gasteiger partial charge on any atom is -0.378 e. The van der Waals surface area contributed by atoms with E-state index in [-0.39, 0.29) is 11.6 Å². The van der Waals surface area contributed by atoms with Crippen LogP contribution in [0.5, 0.6) is 0 Å². The maximum absolute atomic E-state index is 12.5. The van der Waals surface area contributed by atoms with Gasteiger partial charge in [0.2, 0.25) is 5.91 Å². The van der Waals surface area contributed by atoms with E-state index < -0.39 is 10.2 Å². The van der Waals surface area contributed by atoms with Crippen LogP contribution in [0.3, 0.4) is 0 Å². The van der Waals surface area contributed by atoms with Crippen molar-refractivity contribution < 1.29 is 9.72 Å². The van der Waals surface area contributed by atoms with Gasteiger partial charge in [0.15, 0.2) is 11.0 Å². The van der Waals surface area contributed by atoms with Crippen LogP contribution in [-0.4, -0.2) is 30.8 Å². The first-order valence-electron chi connectivity index (χ1n) is 9.51. The Labute approximate surface area is 188 Å². The quantitative estimate of drug-likeness (QED) is 0.272. The standard InChI is InChI=1S/C20H21ClN6O3S/c1-3-26-18(12-22-15-6-4-14(21)5-7-15)24-25-20(26)31-13(2)19(28)23-16-8-10-17(11-9-16)27(29)30/h4-11,13,22H,3,12H2,1-2H3,(H,23,28). The molecule has 3 aromatic rings. The number of rotatable bonds is 9. The van der Waals surface area contributed by atoms with Gasteiger partial charge in [0.1, 0.15) is 0 Å². The second kappa shape index (κ2) is 10.3. The smallest absolute Gasteiger partial charge is 0.269 e. The molecule has 11 heteroatoms. The summed E-state index contributed by atoms with van der Waals surface area (Å²) in [5, 5.41) is 26.1. The molecule has 2 aromatic carbocycles. The van der Waals surface area contributed by atoms with Crippen LogP contribution < -0.4 is 10.6 Å². The average molecular weight is 461 g/mol. The van der Waals surface area contributed by atoms with Crippen LogP contribution in [0.15, 0.2) is 53.7 Å². The Morgan fingerprint density at radius 2 is 1.81 bits per heavy atom. The third-order valence-electron chi connectivity index (χ3n) is 4.40. The number of carbonyl (C=O) groups excluding carboxylic acids is 1. The summed E-state index contributed by atoms with van der Waals surface area (Å²) in [5.41, 5.74) is 1.38. The van der Waals surface area contributed by atoms with Crippen molar-refractivity contribution >= 4 is 46.3 Å². The fourth-order valence-corrected chi connectivity index (χ4v) is 3.78. The van der Waals surface area contributed by atoms with Crippen molar-refractivity contribution in [3.8, 4) is 0 Å². The van der Waals surface area contributed by atoms with E-state index >= 15 is 0 Å². The number of nitrogens with zero attached hydrogens (tertiary/aromatic N) is 4. The van der Waals surface area contributed by atoms with E-state index in [1.54, 1.807) is 19.1 Å². The first-order chi connectivity index (χ1) is 14.9. The molecule has 31 heavy (non-hydrogen) atoms. The fourth-order valence-electron chi connectivity index (χ4n) is 2.73. The zero-order valence-corrected chi connectivity index (χ0v) is 18.5. The highest BCUT2D eigenvalue weighted by Gasteiger charge is 2.20. The predicted molar refractivity (Wildman–Crippen MR) is 122 cm³/mol. The predicted octanol–water partition coefficient (Wildman–Crippen LogP) is 4.59. The number of nitro benzene ring substituents is 1. The number of halogens is 1. The van der Waals surface area contributed by atoms with Crippen LogP contribution in [0.1, 0.15) is 19.7 Å². The van der Waals surface area contributed by atoms with Crippen LogP contribution >= 0.6 is 23.4 Å². The van der Waals surface area contributed by atoms with Gasteiger partial charge in [-0.1, -0.05) is 23.4 Å². The van der Waals surface area contributed by atoms with Crippen LogP contribution in [0.25, 0.3) is 0 Å². The molecule has 0 saturated carbocycles. The number of aromatic nitrogens is 3. The van der Waals surface area contributed by atoms with Crippen molar-refractivity contribution in [3.05, 3.63) is 69.5 Å². The molecule has 9 nitrogen and oxygen atoms in total. The number of benzene rings is 2. The van der Waals surface area contributed by atoms with Gasteiger partial charge in [-0.15, -0.1) is 10.2 Å². The van der Waals surface area contributed by atoms with Crippen LogP contribution in [0.2, 0.25) is 5.02 Å². The van der Waals surface area contributed by atoms with Gasteiger partial charge in [0.05, 0.1) is 16.7 Å². The Kier molecular flexibility index (Phi) is 7.48. The Hall–Kier alpha value is -3.11. The molecule has 0 fully saturated rings. The van der Waals surface area contributed by atoms with Gasteiger partial charge >= 0.3 is 0 Å². The summed E-state index contributed by atoms with van der Waals surface area (Å²) in [6, 6.07) is 13.1. The molecule has 0 spiro atoms. The lowest BCUT2D eigenvalue weighted by Gasteiger charge is -2.13. The summed E-state index contributed by atoms with van der Waals surface area (Å²) in [6.45, 7) is 4.89. The minimum absolute atomic E-state index is 0.0313. The Bertz CT molecular complexity index is 1060. The zero-order chi connectivity index (χ0) is 22.4. The molecule has 0 radical (unpaired) electrons. The summed E-state index contributed by atoms with van der Waals surface area (Å²) < 4.78 is 1.95. The van der Waals surface area contributed by atoms with E-state index in [1.807, 2.05) is 23.6 Å². The largest absolute Gasteiger partial charge is 0.378 e. The number of carbonyl (C=O) groups is 1. The van der Waals surface area contributed by atoms with Crippen LogP contribution in [0.4, 0.5) is 17.1 Å². The summed E-state index contributed by atoms with van der Waals surface area (Å²) >= 11 is 7.21. The molecule has 1 aromatic heterocycles. The number of non-ortho nitro benzene ring substituents is 1. The maximum atomic E-state index is 12.5. The van der Waals surface area contributed by atoms with Crippen LogP contribution in [-0.2, 0) is 17.9 Å². The molecular formula is C20H21ClN6O3S. The maximum Gasteiger partial charge on any atom is 0.269 e. The molecule has 0 aliphatic rings. The molecule has 0 saturated heterocycles. The monoisotopic (exact) mass is 460 g/mol. The van der Waals surface area contributed by atoms with Gasteiger partial charge < -0.3 is 15.2 Å². The molecule has 1 amide bonds. The van der Waals surface area contributed by atoms with Gasteiger partial charge in [-0.2, -0.15) is 0 Å². The van der Waals surface area contributed by atoms with Crippen LogP contribution in [0, 0.1) is 10.1 Å². The summed E-state index contributed by atoms with van der Waals surface area (Å²) in [5.74, 6) is 0.522. The molecule has 0 bridgehead atoms. The number of hydrogen-bond donors (Lipinski definition) is 2. The second-order valence-electron chi connectivity index (χ2n) is 6.56. The molecule has 3 rings (SSSR count). The SMILES string of the molecule is CCn1c(CNc2ccc(Cl)cc2)nnc1SC(C)C(=O)Nc1ccc([N+](=O)[O-])cc1. The van der Waals surface area contributed by atoms with Gasteiger partial charge in [0, 0.05) is 35.1 Å². The van der Waals surface area contributed by atoms with E-state index in [0.29, 0.717) is 29.0 Å². The third kappa shape index (κ3) is 5.96. The molecule has 0 aliphatic heterocycles. The summed E-state index contributed by atoms with van der Waals surface area (Å²) in [7, 11) is 0. The molecule has 1 heterocycles. The lowest BCUT2D eigenvalue weighted by atomic mass is 10.3. The molecule has 162 valence electrons. The number of thioether (sulfide) groups is 1. The second-order valence-corrected chi connectivity index (χ2v) is 8.30. The topological polar surface area (TPSA) is 115 Å². The van der Waals surface area contributed by atoms with E-state index in [0.717, 1.165) is 11.5 Å². The Morgan fingerprint density at radius 3 is 2.42 bits per heavy atom. The molecular weight excluding hydrogens is 440 g/mol. The zero-order valence-electron chi connectivity index (χ0n) is 16.9. The summed E-state index contributed by atoms with van der Waals surface area (Å²) in [6.07, 6.45) is 0. The molecule has 1 unspecified atom stereocenters. The average Bonchev–Trinajstić information content (AvgIpc) is 3.15. The Balaban J connectivity index is 1.61. The Morgan fingerprint density at radius 1 is 1.16 bits per heavy atom. The molecule has 0 aliphatic carbocycles. The molecule has 2 N–H and O–H groups in total. The van der Waals surface area contributed by atoms with Gasteiger partial charge in [0.25, 0.3) is 5.69 Å². The fraction of sp³-hybridized carbons (Fsp3) is 0.250. The lowest BCUT2D eigenvalue weighted by molar-refractivity contribution is -0.384. The number of nitrogens with one attached hydrogen (secondary N) is 2. The van der Waals surface area contributed by atoms with Crippen molar-refractivity contribution in [2.45, 2.75) is 37.3 Å². The third-order valence-corrected chi connectivity index (χ3v) is 5.73. The normalized spacial score (nSPS) is 11.7. The highest BCUT2D eigenvalue weighted by molar-refractivity contribution is 8.00.